The Bertz CT molecular complexity index is 878. The molecule has 5 nitrogen and oxygen atoms in total. The van der Waals surface area contributed by atoms with Gasteiger partial charge in [-0.15, -0.1) is 0 Å². The van der Waals surface area contributed by atoms with Gasteiger partial charge in [-0.3, -0.25) is 0 Å². The Labute approximate surface area is 138 Å². The highest BCUT2D eigenvalue weighted by Gasteiger charge is 2.16. The van der Waals surface area contributed by atoms with E-state index in [1.54, 1.807) is 0 Å². The normalized spacial score (nSPS) is 10.5. The highest BCUT2D eigenvalue weighted by molar-refractivity contribution is 5.91. The largest absolute Gasteiger partial charge is 0.504 e. The molecule has 0 aliphatic carbocycles. The molecular weight excluding hydrogens is 308 g/mol. The Kier molecular flexibility index (Phi) is 4.24. The average molecular weight is 324 g/mol. The summed E-state index contributed by atoms with van der Waals surface area (Å²) in [6.07, 6.45) is 0. The zero-order valence-electron chi connectivity index (χ0n) is 13.0. The van der Waals surface area contributed by atoms with Gasteiger partial charge in [-0.05, 0) is 34.5 Å². The monoisotopic (exact) mass is 324 g/mol. The van der Waals surface area contributed by atoms with E-state index in [-0.39, 0.29) is 29.4 Å². The number of carbonyl (C=O) groups is 1. The fourth-order valence-electron chi connectivity index (χ4n) is 2.47. The Morgan fingerprint density at radius 1 is 0.958 bits per heavy atom. The summed E-state index contributed by atoms with van der Waals surface area (Å²) in [4.78, 5) is 11.4. The summed E-state index contributed by atoms with van der Waals surface area (Å²) < 4.78 is 10.1. The maximum absolute atomic E-state index is 11.4. The van der Waals surface area contributed by atoms with Crippen molar-refractivity contribution in [2.75, 3.05) is 7.11 Å². The molecule has 0 saturated heterocycles. The van der Waals surface area contributed by atoms with E-state index < -0.39 is 5.97 Å². The quantitative estimate of drug-likeness (QED) is 0.717. The molecule has 0 fully saturated rings. The van der Waals surface area contributed by atoms with Gasteiger partial charge in [0.2, 0.25) is 5.75 Å². The molecule has 24 heavy (non-hydrogen) atoms. The van der Waals surface area contributed by atoms with Crippen molar-refractivity contribution in [1.29, 1.82) is 0 Å². The van der Waals surface area contributed by atoms with Crippen LogP contribution in [0.4, 0.5) is 0 Å². The standard InChI is InChI=1S/C19H16O5/c1-23-19(22)15-9-16(20)18(17(21)10-15)24-11-12-6-7-13-4-2-3-5-14(13)8-12/h2-10,20-21H,11H2,1H3. The van der Waals surface area contributed by atoms with Crippen molar-refractivity contribution in [3.05, 3.63) is 65.7 Å². The van der Waals surface area contributed by atoms with Crippen LogP contribution in [0.5, 0.6) is 17.2 Å². The molecule has 2 N–H and O–H groups in total. The predicted octanol–water partition coefficient (Wildman–Crippen LogP) is 3.62. The van der Waals surface area contributed by atoms with Crippen LogP contribution in [0.1, 0.15) is 15.9 Å². The van der Waals surface area contributed by atoms with Crippen molar-refractivity contribution in [3.63, 3.8) is 0 Å². The number of phenolic OH excluding ortho intramolecular Hbond substituents is 2. The number of carbonyl (C=O) groups excluding carboxylic acids is 1. The summed E-state index contributed by atoms with van der Waals surface area (Å²) >= 11 is 0. The van der Waals surface area contributed by atoms with Crippen LogP contribution in [0.3, 0.4) is 0 Å². The molecule has 122 valence electrons. The summed E-state index contributed by atoms with van der Waals surface area (Å²) in [5, 5.41) is 22.1. The van der Waals surface area contributed by atoms with Gasteiger partial charge in [0.05, 0.1) is 12.7 Å². The Balaban J connectivity index is 1.81. The zero-order valence-corrected chi connectivity index (χ0v) is 13.0. The molecule has 0 amide bonds. The topological polar surface area (TPSA) is 76.0 Å². The average Bonchev–Trinajstić information content (AvgIpc) is 2.60. The van der Waals surface area contributed by atoms with Gasteiger partial charge in [-0.1, -0.05) is 36.4 Å². The highest BCUT2D eigenvalue weighted by atomic mass is 16.5. The van der Waals surface area contributed by atoms with Gasteiger partial charge >= 0.3 is 5.97 Å². The fraction of sp³-hybridized carbons (Fsp3) is 0.105. The van der Waals surface area contributed by atoms with Crippen LogP contribution < -0.4 is 4.74 Å². The van der Waals surface area contributed by atoms with E-state index in [9.17, 15) is 15.0 Å². The van der Waals surface area contributed by atoms with Crippen LogP contribution in [0.25, 0.3) is 10.8 Å². The van der Waals surface area contributed by atoms with E-state index in [1.165, 1.54) is 19.2 Å². The van der Waals surface area contributed by atoms with Crippen LogP contribution >= 0.6 is 0 Å². The first kappa shape index (κ1) is 15.7. The van der Waals surface area contributed by atoms with Gasteiger partial charge < -0.3 is 19.7 Å². The van der Waals surface area contributed by atoms with E-state index in [1.807, 2.05) is 42.5 Å². The number of ether oxygens (including phenoxy) is 2. The van der Waals surface area contributed by atoms with Crippen molar-refractivity contribution in [1.82, 2.24) is 0 Å². The Morgan fingerprint density at radius 2 is 1.62 bits per heavy atom. The molecule has 3 aromatic carbocycles. The van der Waals surface area contributed by atoms with E-state index in [2.05, 4.69) is 4.74 Å². The van der Waals surface area contributed by atoms with Gasteiger partial charge in [0.1, 0.15) is 6.61 Å². The smallest absolute Gasteiger partial charge is 0.338 e. The SMILES string of the molecule is COC(=O)c1cc(O)c(OCc2ccc3ccccc3c2)c(O)c1. The number of hydrogen-bond donors (Lipinski definition) is 2. The summed E-state index contributed by atoms with van der Waals surface area (Å²) in [6, 6.07) is 16.2. The van der Waals surface area contributed by atoms with Gasteiger partial charge in [-0.25, -0.2) is 4.79 Å². The van der Waals surface area contributed by atoms with Crippen molar-refractivity contribution < 1.29 is 24.5 Å². The first-order valence-electron chi connectivity index (χ1n) is 7.33. The van der Waals surface area contributed by atoms with Crippen molar-refractivity contribution in [3.8, 4) is 17.2 Å². The van der Waals surface area contributed by atoms with Crippen LogP contribution in [-0.4, -0.2) is 23.3 Å². The minimum absolute atomic E-state index is 0.0468. The fourth-order valence-corrected chi connectivity index (χ4v) is 2.47. The Morgan fingerprint density at radius 3 is 2.29 bits per heavy atom. The third kappa shape index (κ3) is 3.10. The van der Waals surface area contributed by atoms with Crippen LogP contribution in [-0.2, 0) is 11.3 Å². The first-order chi connectivity index (χ1) is 11.6. The lowest BCUT2D eigenvalue weighted by molar-refractivity contribution is 0.0599. The number of esters is 1. The lowest BCUT2D eigenvalue weighted by atomic mass is 10.1. The number of fused-ring (bicyclic) bond motifs is 1. The lowest BCUT2D eigenvalue weighted by Gasteiger charge is -2.11. The third-order valence-electron chi connectivity index (χ3n) is 3.67. The number of rotatable bonds is 4. The number of benzene rings is 3. The van der Waals surface area contributed by atoms with Crippen LogP contribution in [0.15, 0.2) is 54.6 Å². The molecule has 0 aliphatic rings. The molecule has 0 spiro atoms. The second-order valence-corrected chi connectivity index (χ2v) is 5.31. The predicted molar refractivity (Wildman–Crippen MR) is 89.4 cm³/mol. The molecule has 0 aliphatic heterocycles. The molecule has 0 unspecified atom stereocenters. The third-order valence-corrected chi connectivity index (χ3v) is 3.67. The van der Waals surface area contributed by atoms with Gasteiger partial charge in [0, 0.05) is 0 Å². The van der Waals surface area contributed by atoms with Crippen molar-refractivity contribution in [2.24, 2.45) is 0 Å². The molecular formula is C19H16O5. The molecule has 0 radical (unpaired) electrons. The van der Waals surface area contributed by atoms with E-state index in [0.717, 1.165) is 16.3 Å². The van der Waals surface area contributed by atoms with Crippen molar-refractivity contribution >= 4 is 16.7 Å². The minimum atomic E-state index is -0.651. The van der Waals surface area contributed by atoms with Gasteiger partial charge in [0.15, 0.2) is 11.5 Å². The first-order valence-corrected chi connectivity index (χ1v) is 7.33. The maximum Gasteiger partial charge on any atom is 0.338 e. The minimum Gasteiger partial charge on any atom is -0.504 e. The van der Waals surface area contributed by atoms with E-state index in [0.29, 0.717) is 0 Å². The lowest BCUT2D eigenvalue weighted by Crippen LogP contribution is -2.02. The molecule has 0 bridgehead atoms. The molecule has 0 atom stereocenters. The van der Waals surface area contributed by atoms with Crippen LogP contribution in [0, 0.1) is 0 Å². The van der Waals surface area contributed by atoms with E-state index >= 15 is 0 Å². The summed E-state index contributed by atoms with van der Waals surface area (Å²) in [5.41, 5.74) is 0.940. The second-order valence-electron chi connectivity index (χ2n) is 5.31. The number of phenols is 2. The molecule has 5 heteroatoms. The molecule has 0 saturated carbocycles. The molecule has 3 aromatic rings. The number of hydrogen-bond acceptors (Lipinski definition) is 5. The molecule has 0 aromatic heterocycles. The second kappa shape index (κ2) is 6.50. The van der Waals surface area contributed by atoms with Crippen molar-refractivity contribution in [2.45, 2.75) is 6.61 Å². The van der Waals surface area contributed by atoms with Crippen LogP contribution in [0.2, 0.25) is 0 Å². The summed E-state index contributed by atoms with van der Waals surface area (Å²) in [7, 11) is 1.22. The zero-order chi connectivity index (χ0) is 17.1. The number of methoxy groups -OCH3 is 1. The summed E-state index contributed by atoms with van der Waals surface area (Å²) in [5.74, 6) is -1.37. The maximum atomic E-state index is 11.4. The number of aromatic hydroxyl groups is 2. The molecule has 3 rings (SSSR count). The van der Waals surface area contributed by atoms with Gasteiger partial charge in [0.25, 0.3) is 0 Å². The van der Waals surface area contributed by atoms with E-state index in [4.69, 9.17) is 4.74 Å². The Hall–Kier alpha value is -3.21. The van der Waals surface area contributed by atoms with Gasteiger partial charge in [-0.2, -0.15) is 0 Å². The highest BCUT2D eigenvalue weighted by Crippen LogP contribution is 2.37. The summed E-state index contributed by atoms with van der Waals surface area (Å²) in [6.45, 7) is 0.170. The molecule has 0 heterocycles.